The molecule has 1 unspecified atom stereocenters. The van der Waals surface area contributed by atoms with Crippen LogP contribution in [0.25, 0.3) is 0 Å². The monoisotopic (exact) mass is 359 g/mol. The average molecular weight is 360 g/mol. The van der Waals surface area contributed by atoms with Crippen molar-refractivity contribution in [2.24, 2.45) is 0 Å². The molecule has 5 nitrogen and oxygen atoms in total. The van der Waals surface area contributed by atoms with Crippen molar-refractivity contribution in [3.05, 3.63) is 59.1 Å². The number of Topliss-reactive ketones (excluding diaryl/α,β-unsaturated/α-hetero) is 1. The molecule has 0 bridgehead atoms. The molecule has 1 amide bonds. The van der Waals surface area contributed by atoms with Gasteiger partial charge in [0.15, 0.2) is 17.3 Å². The number of rotatable bonds is 6. The lowest BCUT2D eigenvalue weighted by molar-refractivity contribution is -0.121. The molecule has 0 radical (unpaired) electrons. The zero-order valence-electron chi connectivity index (χ0n) is 13.5. The number of halogens is 1. The molecule has 1 atom stereocenters. The fourth-order valence-corrected chi connectivity index (χ4v) is 2.61. The van der Waals surface area contributed by atoms with Gasteiger partial charge in [-0.15, -0.1) is 0 Å². The molecule has 0 saturated heterocycles. The van der Waals surface area contributed by atoms with Crippen LogP contribution in [0, 0.1) is 0 Å². The Morgan fingerprint density at radius 2 is 1.76 bits per heavy atom. The van der Waals surface area contributed by atoms with E-state index < -0.39 is 0 Å². The Balaban J connectivity index is 1.41. The van der Waals surface area contributed by atoms with Crippen LogP contribution in [-0.4, -0.2) is 30.9 Å². The molecule has 3 rings (SSSR count). The normalized spacial score (nSPS) is 15.5. The number of carbonyl (C=O) groups is 2. The molecule has 0 aliphatic carbocycles. The predicted molar refractivity (Wildman–Crippen MR) is 94.4 cm³/mol. The van der Waals surface area contributed by atoms with Crippen molar-refractivity contribution in [2.45, 2.75) is 18.9 Å². The lowest BCUT2D eigenvalue weighted by atomic mass is 10.1. The number of ether oxygens (including phenoxy) is 2. The third-order valence-corrected chi connectivity index (χ3v) is 4.09. The molecule has 0 saturated carbocycles. The van der Waals surface area contributed by atoms with Crippen LogP contribution in [0.1, 0.15) is 23.2 Å². The zero-order chi connectivity index (χ0) is 17.6. The highest BCUT2D eigenvalue weighted by Crippen LogP contribution is 2.30. The number of carbonyl (C=O) groups excluding carboxylic acids is 2. The molecule has 130 valence electrons. The molecular weight excluding hydrogens is 342 g/mol. The minimum Gasteiger partial charge on any atom is -0.486 e. The molecule has 0 aromatic heterocycles. The number of nitrogens with one attached hydrogen (secondary N) is 1. The minimum absolute atomic E-state index is 0.0852. The third-order valence-electron chi connectivity index (χ3n) is 3.84. The van der Waals surface area contributed by atoms with Gasteiger partial charge in [-0.1, -0.05) is 23.7 Å². The summed E-state index contributed by atoms with van der Waals surface area (Å²) in [6.45, 7) is 0.712. The maximum atomic E-state index is 12.0. The van der Waals surface area contributed by atoms with E-state index in [-0.39, 0.29) is 30.6 Å². The van der Waals surface area contributed by atoms with E-state index in [4.69, 9.17) is 21.1 Å². The molecule has 6 heteroatoms. The van der Waals surface area contributed by atoms with Crippen molar-refractivity contribution in [1.29, 1.82) is 0 Å². The van der Waals surface area contributed by atoms with Crippen molar-refractivity contribution in [2.75, 3.05) is 13.2 Å². The van der Waals surface area contributed by atoms with E-state index in [0.29, 0.717) is 35.2 Å². The van der Waals surface area contributed by atoms with Crippen LogP contribution >= 0.6 is 11.6 Å². The van der Waals surface area contributed by atoms with Crippen LogP contribution in [0.2, 0.25) is 5.02 Å². The second kappa shape index (κ2) is 8.03. The fourth-order valence-electron chi connectivity index (χ4n) is 2.49. The van der Waals surface area contributed by atoms with Gasteiger partial charge in [-0.2, -0.15) is 0 Å². The van der Waals surface area contributed by atoms with Gasteiger partial charge in [0, 0.05) is 23.4 Å². The minimum atomic E-state index is -0.245. The summed E-state index contributed by atoms with van der Waals surface area (Å²) in [6, 6.07) is 14.1. The van der Waals surface area contributed by atoms with Gasteiger partial charge in [0.25, 0.3) is 0 Å². The Labute approximate surface area is 150 Å². The summed E-state index contributed by atoms with van der Waals surface area (Å²) in [4.78, 5) is 24.0. The molecular formula is C19H18ClNO4. The second-order valence-electron chi connectivity index (χ2n) is 5.73. The molecule has 1 aliphatic rings. The van der Waals surface area contributed by atoms with Gasteiger partial charge in [0.2, 0.25) is 5.91 Å². The number of ketones is 1. The number of para-hydroxylation sites is 2. The Hall–Kier alpha value is -2.53. The molecule has 0 spiro atoms. The van der Waals surface area contributed by atoms with Crippen molar-refractivity contribution in [3.8, 4) is 11.5 Å². The first-order valence-electron chi connectivity index (χ1n) is 8.06. The molecule has 1 heterocycles. The Morgan fingerprint density at radius 1 is 1.04 bits per heavy atom. The van der Waals surface area contributed by atoms with Crippen molar-refractivity contribution in [3.63, 3.8) is 0 Å². The van der Waals surface area contributed by atoms with E-state index in [1.165, 1.54) is 0 Å². The topological polar surface area (TPSA) is 64.6 Å². The van der Waals surface area contributed by atoms with Crippen molar-refractivity contribution >= 4 is 23.3 Å². The maximum absolute atomic E-state index is 12.0. The number of benzene rings is 2. The highest BCUT2D eigenvalue weighted by molar-refractivity contribution is 6.30. The Bertz CT molecular complexity index is 760. The molecule has 0 fully saturated rings. The van der Waals surface area contributed by atoms with E-state index in [1.807, 2.05) is 24.3 Å². The quantitative estimate of drug-likeness (QED) is 0.804. The first kappa shape index (κ1) is 17.3. The Morgan fingerprint density at radius 3 is 2.52 bits per heavy atom. The third kappa shape index (κ3) is 4.73. The van der Waals surface area contributed by atoms with Gasteiger partial charge in [-0.05, 0) is 36.4 Å². The van der Waals surface area contributed by atoms with Gasteiger partial charge in [0.1, 0.15) is 12.7 Å². The smallest absolute Gasteiger partial charge is 0.220 e. The zero-order valence-corrected chi connectivity index (χ0v) is 14.3. The summed E-state index contributed by atoms with van der Waals surface area (Å²) in [5.41, 5.74) is 0.554. The van der Waals surface area contributed by atoms with Gasteiger partial charge in [-0.3, -0.25) is 9.59 Å². The average Bonchev–Trinajstić information content (AvgIpc) is 2.65. The summed E-state index contributed by atoms with van der Waals surface area (Å²) < 4.78 is 11.4. The summed E-state index contributed by atoms with van der Waals surface area (Å²) in [7, 11) is 0. The largest absolute Gasteiger partial charge is 0.486 e. The SMILES string of the molecule is O=C(CCC(=O)c1ccc(Cl)cc1)NCC1COc2ccccc2O1. The number of fused-ring (bicyclic) bond motifs is 1. The van der Waals surface area contributed by atoms with Gasteiger partial charge in [-0.25, -0.2) is 0 Å². The number of hydrogen-bond acceptors (Lipinski definition) is 4. The highest BCUT2D eigenvalue weighted by atomic mass is 35.5. The standard InChI is InChI=1S/C19H18ClNO4/c20-14-7-5-13(6-8-14)16(22)9-10-19(23)21-11-15-12-24-17-3-1-2-4-18(17)25-15/h1-8,15H,9-12H2,(H,21,23). The summed E-state index contributed by atoms with van der Waals surface area (Å²) in [5, 5.41) is 3.36. The highest BCUT2D eigenvalue weighted by Gasteiger charge is 2.21. The van der Waals surface area contributed by atoms with Crippen molar-refractivity contribution in [1.82, 2.24) is 5.32 Å². The summed E-state index contributed by atoms with van der Waals surface area (Å²) >= 11 is 5.79. The molecule has 25 heavy (non-hydrogen) atoms. The molecule has 1 aliphatic heterocycles. The lowest BCUT2D eigenvalue weighted by Crippen LogP contribution is -2.40. The van der Waals surface area contributed by atoms with Crippen LogP contribution in [-0.2, 0) is 4.79 Å². The van der Waals surface area contributed by atoms with Gasteiger partial charge < -0.3 is 14.8 Å². The van der Waals surface area contributed by atoms with E-state index in [2.05, 4.69) is 5.32 Å². The van der Waals surface area contributed by atoms with Crippen LogP contribution < -0.4 is 14.8 Å². The molecule has 2 aromatic rings. The Kier molecular flexibility index (Phi) is 5.56. The number of hydrogen-bond donors (Lipinski definition) is 1. The van der Waals surface area contributed by atoms with Crippen LogP contribution in [0.15, 0.2) is 48.5 Å². The van der Waals surface area contributed by atoms with Gasteiger partial charge in [0.05, 0.1) is 6.54 Å². The fraction of sp³-hybridized carbons (Fsp3) is 0.263. The number of amides is 1. The second-order valence-corrected chi connectivity index (χ2v) is 6.17. The predicted octanol–water partition coefficient (Wildman–Crippen LogP) is 3.26. The van der Waals surface area contributed by atoms with Crippen LogP contribution in [0.4, 0.5) is 0 Å². The van der Waals surface area contributed by atoms with Gasteiger partial charge >= 0.3 is 0 Å². The lowest BCUT2D eigenvalue weighted by Gasteiger charge is -2.26. The first-order chi connectivity index (χ1) is 12.1. The van der Waals surface area contributed by atoms with E-state index >= 15 is 0 Å². The molecule has 1 N–H and O–H groups in total. The molecule has 2 aromatic carbocycles. The summed E-state index contributed by atoms with van der Waals surface area (Å²) in [6.07, 6.45) is 0.0371. The maximum Gasteiger partial charge on any atom is 0.220 e. The first-order valence-corrected chi connectivity index (χ1v) is 8.43. The van der Waals surface area contributed by atoms with Crippen LogP contribution in [0.5, 0.6) is 11.5 Å². The summed E-state index contributed by atoms with van der Waals surface area (Å²) in [5.74, 6) is 1.10. The van der Waals surface area contributed by atoms with Crippen molar-refractivity contribution < 1.29 is 19.1 Å². The van der Waals surface area contributed by atoms with E-state index in [0.717, 1.165) is 0 Å². The van der Waals surface area contributed by atoms with Crippen LogP contribution in [0.3, 0.4) is 0 Å². The van der Waals surface area contributed by atoms with E-state index in [9.17, 15) is 9.59 Å². The van der Waals surface area contributed by atoms with E-state index in [1.54, 1.807) is 24.3 Å².